The molecule has 0 bridgehead atoms. The van der Waals surface area contributed by atoms with Crippen LogP contribution in [0.3, 0.4) is 0 Å². The fraction of sp³-hybridized carbons (Fsp3) is 0.333. The number of hydrogen-bond acceptors (Lipinski definition) is 1. The fourth-order valence-corrected chi connectivity index (χ4v) is 1.43. The molecule has 0 atom stereocenters. The van der Waals surface area contributed by atoms with Crippen molar-refractivity contribution in [3.05, 3.63) is 25.3 Å². The van der Waals surface area contributed by atoms with Crippen LogP contribution in [0.1, 0.15) is 1.43 Å². The van der Waals surface area contributed by atoms with Crippen LogP contribution in [-0.2, 0) is 4.57 Å². The van der Waals surface area contributed by atoms with Gasteiger partial charge in [0.15, 0.2) is 0 Å². The van der Waals surface area contributed by atoms with Gasteiger partial charge in [-0.05, 0) is 0 Å². The second-order valence-electron chi connectivity index (χ2n) is 1.79. The Labute approximate surface area is 106 Å². The van der Waals surface area contributed by atoms with E-state index in [9.17, 15) is 4.57 Å². The van der Waals surface area contributed by atoms with E-state index in [4.69, 9.17) is 4.89 Å². The average molecular weight is 186 g/mol. The largest absolute Gasteiger partial charge is 1.00 e. The molecule has 0 amide bonds. The topological polar surface area (TPSA) is 37.3 Å². The minimum absolute atomic E-state index is 0. The van der Waals surface area contributed by atoms with E-state index >= 15 is 0 Å². The van der Waals surface area contributed by atoms with Crippen LogP contribution in [0.5, 0.6) is 0 Å². The van der Waals surface area contributed by atoms with Crippen molar-refractivity contribution in [2.24, 2.45) is 0 Å². The summed E-state index contributed by atoms with van der Waals surface area (Å²) in [6.45, 7) is 6.72. The van der Waals surface area contributed by atoms with Gasteiger partial charge in [-0.3, -0.25) is 4.57 Å². The zero-order valence-corrected chi connectivity index (χ0v) is 10.3. The number of allylic oxidation sites excluding steroid dienone is 2. The Hall–Kier alpha value is 1.31. The van der Waals surface area contributed by atoms with Gasteiger partial charge in [0.25, 0.3) is 0 Å². The van der Waals surface area contributed by atoms with Crippen molar-refractivity contribution in [1.82, 2.24) is 0 Å². The van der Waals surface area contributed by atoms with Gasteiger partial charge in [0.05, 0.1) is 0 Å². The van der Waals surface area contributed by atoms with Gasteiger partial charge in [-0.2, -0.15) is 0 Å². The molecule has 0 aliphatic heterocycles. The summed E-state index contributed by atoms with van der Waals surface area (Å²) in [5, 5.41) is 0. The van der Waals surface area contributed by atoms with Crippen LogP contribution in [0.2, 0.25) is 0 Å². The monoisotopic (exact) mass is 186 g/mol. The number of rotatable bonds is 4. The summed E-state index contributed by atoms with van der Waals surface area (Å²) in [5.41, 5.74) is 0. The molecule has 2 nitrogen and oxygen atoms in total. The number of hydrogen-bond donors (Lipinski definition) is 1. The maximum Gasteiger partial charge on any atom is 1.00 e. The van der Waals surface area contributed by atoms with Crippen molar-refractivity contribution in [1.29, 1.82) is 0 Å². The van der Waals surface area contributed by atoms with Crippen LogP contribution in [0, 0.1) is 0 Å². The van der Waals surface area contributed by atoms with Crippen molar-refractivity contribution in [2.75, 3.05) is 12.3 Å². The van der Waals surface area contributed by atoms with Gasteiger partial charge in [-0.25, -0.2) is 0 Å². The molecular weight excluding hydrogens is 174 g/mol. The average Bonchev–Trinajstić information content (AvgIpc) is 1.64. The van der Waals surface area contributed by atoms with Crippen LogP contribution >= 0.6 is 7.37 Å². The van der Waals surface area contributed by atoms with Crippen molar-refractivity contribution in [2.45, 2.75) is 0 Å². The predicted molar refractivity (Wildman–Crippen MR) is 41.1 cm³/mol. The summed E-state index contributed by atoms with van der Waals surface area (Å²) in [6, 6.07) is 0. The van der Waals surface area contributed by atoms with Crippen LogP contribution in [0.15, 0.2) is 25.3 Å². The third-order valence-corrected chi connectivity index (χ3v) is 2.49. The molecule has 0 fully saturated rings. The molecule has 0 radical (unpaired) electrons. The molecule has 0 unspecified atom stereocenters. The molecule has 0 rings (SSSR count). The van der Waals surface area contributed by atoms with E-state index < -0.39 is 7.37 Å². The summed E-state index contributed by atoms with van der Waals surface area (Å²) >= 11 is 0. The summed E-state index contributed by atoms with van der Waals surface area (Å²) in [4.78, 5) is 8.93. The van der Waals surface area contributed by atoms with E-state index in [0.717, 1.165) is 0 Å². The quantitative estimate of drug-likeness (QED) is 0.338. The van der Waals surface area contributed by atoms with Gasteiger partial charge in [0.1, 0.15) is 0 Å². The molecule has 0 heterocycles. The second kappa shape index (κ2) is 6.98. The third-order valence-electron chi connectivity index (χ3n) is 0.829. The van der Waals surface area contributed by atoms with E-state index in [1.165, 1.54) is 12.2 Å². The summed E-state index contributed by atoms with van der Waals surface area (Å²) in [5.74, 6) is 0. The van der Waals surface area contributed by atoms with Crippen molar-refractivity contribution >= 4 is 7.37 Å². The van der Waals surface area contributed by atoms with Crippen LogP contribution in [-0.4, -0.2) is 17.2 Å². The summed E-state index contributed by atoms with van der Waals surface area (Å²) in [7, 11) is -2.93. The normalized spacial score (nSPS) is 9.70. The predicted octanol–water partition coefficient (Wildman–Crippen LogP) is -1.25. The molecular formula is C6H12KO2P. The first-order valence-electron chi connectivity index (χ1n) is 2.65. The van der Waals surface area contributed by atoms with E-state index in [1.807, 2.05) is 0 Å². The van der Waals surface area contributed by atoms with Crippen LogP contribution < -0.4 is 51.4 Å². The van der Waals surface area contributed by atoms with Gasteiger partial charge in [-0.1, -0.05) is 12.2 Å². The van der Waals surface area contributed by atoms with Gasteiger partial charge >= 0.3 is 51.4 Å². The van der Waals surface area contributed by atoms with Gasteiger partial charge < -0.3 is 6.32 Å². The van der Waals surface area contributed by atoms with Crippen LogP contribution in [0.25, 0.3) is 0 Å². The molecule has 0 spiro atoms. The molecule has 0 aromatic heterocycles. The molecule has 54 valence electrons. The van der Waals surface area contributed by atoms with Gasteiger partial charge in [0.2, 0.25) is 7.37 Å². The molecule has 0 aromatic rings. The molecule has 0 aliphatic rings. The van der Waals surface area contributed by atoms with E-state index in [2.05, 4.69) is 13.2 Å². The second-order valence-corrected chi connectivity index (χ2v) is 4.21. The zero-order chi connectivity index (χ0) is 7.33. The Kier molecular flexibility index (Phi) is 9.68. The Morgan fingerprint density at radius 3 is 1.90 bits per heavy atom. The summed E-state index contributed by atoms with van der Waals surface area (Å²) in [6.07, 6.45) is 3.26. The fourth-order valence-electron chi connectivity index (χ4n) is 0.478. The van der Waals surface area contributed by atoms with E-state index in [0.29, 0.717) is 0 Å². The van der Waals surface area contributed by atoms with Gasteiger partial charge in [0, 0.05) is 12.3 Å². The van der Waals surface area contributed by atoms with Gasteiger partial charge in [-0.15, -0.1) is 13.2 Å². The Morgan fingerprint density at radius 1 is 1.40 bits per heavy atom. The smallest absolute Gasteiger partial charge is 1.00 e. The first-order valence-corrected chi connectivity index (χ1v) is 4.68. The minimum Gasteiger partial charge on any atom is -1.00 e. The third kappa shape index (κ3) is 7.41. The zero-order valence-electron chi connectivity index (χ0n) is 7.29. The standard InChI is InChI=1S/C6H11O2P.K.H/c1-3-5-9(7,8)6-4-2;;/h3-4H,1-2,5-6H2,(H,7,8);;/q;+1;-1. The minimum atomic E-state index is -2.93. The van der Waals surface area contributed by atoms with Crippen molar-refractivity contribution in [3.63, 3.8) is 0 Å². The molecule has 1 N–H and O–H groups in total. The molecule has 0 saturated heterocycles. The molecule has 10 heavy (non-hydrogen) atoms. The van der Waals surface area contributed by atoms with Crippen molar-refractivity contribution in [3.8, 4) is 0 Å². The molecule has 0 aromatic carbocycles. The van der Waals surface area contributed by atoms with Crippen LogP contribution in [0.4, 0.5) is 0 Å². The SMILES string of the molecule is C=CCP(=O)(O)CC=C.[H-].[K+]. The van der Waals surface area contributed by atoms with Crippen molar-refractivity contribution < 1.29 is 62.3 Å². The Balaban J connectivity index is -0.000000320. The Morgan fingerprint density at radius 2 is 1.70 bits per heavy atom. The molecule has 0 aliphatic carbocycles. The maximum atomic E-state index is 10.8. The van der Waals surface area contributed by atoms with E-state index in [1.54, 1.807) is 0 Å². The first-order chi connectivity index (χ1) is 4.12. The first kappa shape index (κ1) is 13.9. The summed E-state index contributed by atoms with van der Waals surface area (Å²) < 4.78 is 10.8. The maximum absolute atomic E-state index is 10.8. The molecule has 4 heteroatoms. The Bertz CT molecular complexity index is 147. The van der Waals surface area contributed by atoms with E-state index in [-0.39, 0.29) is 65.1 Å². The molecule has 0 saturated carbocycles.